The summed E-state index contributed by atoms with van der Waals surface area (Å²) in [6, 6.07) is 18.9. The third-order valence-corrected chi connectivity index (χ3v) is 5.52. The number of hydrogen-bond acceptors (Lipinski definition) is 3. The van der Waals surface area contributed by atoms with Crippen LogP contribution in [0.1, 0.15) is 16.8 Å². The van der Waals surface area contributed by atoms with Gasteiger partial charge in [0, 0.05) is 11.1 Å². The molecule has 3 aromatic carbocycles. The molecule has 0 amide bonds. The molecule has 174 valence electrons. The molecule has 0 spiro atoms. The predicted octanol–water partition coefficient (Wildman–Crippen LogP) is 7.13. The highest BCUT2D eigenvalue weighted by molar-refractivity contribution is 6.02. The second-order valence-corrected chi connectivity index (χ2v) is 7.67. The van der Waals surface area contributed by atoms with E-state index in [0.717, 1.165) is 12.1 Å². The molecular weight excluding hydrogens is 470 g/mol. The molecule has 0 aliphatic carbocycles. The number of nitriles is 1. The molecule has 0 bridgehead atoms. The lowest BCUT2D eigenvalue weighted by Gasteiger charge is -2.13. The van der Waals surface area contributed by atoms with Gasteiger partial charge in [0.2, 0.25) is 0 Å². The van der Waals surface area contributed by atoms with Crippen LogP contribution in [0.25, 0.3) is 38.9 Å². The van der Waals surface area contributed by atoms with Gasteiger partial charge in [-0.25, -0.2) is 9.50 Å². The molecule has 0 aliphatic rings. The van der Waals surface area contributed by atoms with Crippen molar-refractivity contribution in [3.05, 3.63) is 89.6 Å². The molecule has 5 rings (SSSR count). The Balaban J connectivity index is 2.00. The van der Waals surface area contributed by atoms with Crippen molar-refractivity contribution in [3.63, 3.8) is 0 Å². The van der Waals surface area contributed by atoms with Gasteiger partial charge in [0.05, 0.1) is 22.2 Å². The highest BCUT2D eigenvalue weighted by Crippen LogP contribution is 2.43. The van der Waals surface area contributed by atoms with E-state index < -0.39 is 40.2 Å². The summed E-state index contributed by atoms with van der Waals surface area (Å²) < 4.78 is 85.1. The first-order chi connectivity index (χ1) is 16.6. The van der Waals surface area contributed by atoms with Crippen LogP contribution >= 0.6 is 0 Å². The Labute approximate surface area is 193 Å². The normalized spacial score (nSPS) is 12.3. The number of halogens is 6. The summed E-state index contributed by atoms with van der Waals surface area (Å²) in [4.78, 5) is 4.15. The average Bonchev–Trinajstić information content (AvgIpc) is 3.21. The molecule has 0 atom stereocenters. The van der Waals surface area contributed by atoms with Crippen LogP contribution in [0.4, 0.5) is 26.3 Å². The Morgan fingerprint density at radius 3 is 1.91 bits per heavy atom. The molecule has 4 nitrogen and oxygen atoms in total. The van der Waals surface area contributed by atoms with Crippen LogP contribution in [0.5, 0.6) is 0 Å². The highest BCUT2D eigenvalue weighted by Gasteiger charge is 2.40. The minimum atomic E-state index is -4.96. The van der Waals surface area contributed by atoms with Gasteiger partial charge in [-0.15, -0.1) is 0 Å². The van der Waals surface area contributed by atoms with Crippen LogP contribution in [0, 0.1) is 11.3 Å². The maximum absolute atomic E-state index is 14.2. The Morgan fingerprint density at radius 2 is 1.37 bits per heavy atom. The van der Waals surface area contributed by atoms with Gasteiger partial charge in [-0.2, -0.15) is 36.7 Å². The zero-order valence-electron chi connectivity index (χ0n) is 17.5. The molecule has 0 unspecified atom stereocenters. The second kappa shape index (κ2) is 7.84. The van der Waals surface area contributed by atoms with E-state index >= 15 is 0 Å². The third-order valence-electron chi connectivity index (χ3n) is 5.52. The number of alkyl halides is 6. The topological polar surface area (TPSA) is 54.0 Å². The van der Waals surface area contributed by atoms with Crippen LogP contribution in [0.3, 0.4) is 0 Å². The molecule has 0 saturated carbocycles. The lowest BCUT2D eigenvalue weighted by molar-refractivity contribution is -0.142. The fraction of sp³-hybridized carbons (Fsp3) is 0.0800. The summed E-state index contributed by atoms with van der Waals surface area (Å²) in [5, 5.41) is 13.0. The van der Waals surface area contributed by atoms with Crippen molar-refractivity contribution in [1.29, 1.82) is 5.26 Å². The van der Waals surface area contributed by atoms with Crippen molar-refractivity contribution in [1.82, 2.24) is 14.6 Å². The van der Waals surface area contributed by atoms with Crippen molar-refractivity contribution >= 4 is 16.6 Å². The van der Waals surface area contributed by atoms with Crippen molar-refractivity contribution < 1.29 is 26.3 Å². The van der Waals surface area contributed by atoms with Crippen molar-refractivity contribution in [3.8, 4) is 28.5 Å². The fourth-order valence-electron chi connectivity index (χ4n) is 4.00. The number of aromatic nitrogens is 3. The molecule has 0 radical (unpaired) electrons. The molecule has 10 heteroatoms. The van der Waals surface area contributed by atoms with E-state index in [1.54, 1.807) is 36.4 Å². The van der Waals surface area contributed by atoms with Crippen LogP contribution in [-0.2, 0) is 12.4 Å². The summed E-state index contributed by atoms with van der Waals surface area (Å²) in [5.41, 5.74) is -3.66. The Hall–Kier alpha value is -4.39. The molecule has 0 fully saturated rings. The summed E-state index contributed by atoms with van der Waals surface area (Å²) in [6.07, 6.45) is -9.91. The maximum atomic E-state index is 14.2. The molecule has 2 heterocycles. The van der Waals surface area contributed by atoms with Crippen LogP contribution in [0.2, 0.25) is 0 Å². The minimum absolute atomic E-state index is 0.0897. The number of nitrogens with zero attached hydrogens (tertiary/aromatic N) is 4. The third kappa shape index (κ3) is 3.75. The Morgan fingerprint density at radius 1 is 0.771 bits per heavy atom. The van der Waals surface area contributed by atoms with Gasteiger partial charge in [-0.05, 0) is 17.7 Å². The van der Waals surface area contributed by atoms with Gasteiger partial charge in [-0.1, -0.05) is 60.7 Å². The van der Waals surface area contributed by atoms with E-state index in [0.29, 0.717) is 10.1 Å². The summed E-state index contributed by atoms with van der Waals surface area (Å²) in [6.45, 7) is 0. The Kier molecular flexibility index (Phi) is 5.02. The van der Waals surface area contributed by atoms with Gasteiger partial charge < -0.3 is 0 Å². The van der Waals surface area contributed by atoms with Crippen molar-refractivity contribution in [2.24, 2.45) is 0 Å². The first-order valence-corrected chi connectivity index (χ1v) is 10.2. The number of rotatable bonds is 2. The monoisotopic (exact) mass is 482 g/mol. The molecule has 2 aromatic heterocycles. The molecular formula is C25H12F6N4. The predicted molar refractivity (Wildman–Crippen MR) is 116 cm³/mol. The SMILES string of the molecule is N#Cc1c(-c2ccccc2)cc(C(F)(F)F)c2c1nn1c(C(F)(F)F)cc(-c3ccccc3)nc21. The van der Waals surface area contributed by atoms with E-state index in [1.807, 2.05) is 6.07 Å². The number of hydrogen-bond donors (Lipinski definition) is 0. The van der Waals surface area contributed by atoms with Gasteiger partial charge in [0.15, 0.2) is 11.3 Å². The average molecular weight is 482 g/mol. The molecule has 0 aliphatic heterocycles. The van der Waals surface area contributed by atoms with Crippen molar-refractivity contribution in [2.45, 2.75) is 12.4 Å². The first-order valence-electron chi connectivity index (χ1n) is 10.2. The van der Waals surface area contributed by atoms with E-state index in [2.05, 4.69) is 10.1 Å². The quantitative estimate of drug-likeness (QED) is 0.252. The van der Waals surface area contributed by atoms with Gasteiger partial charge in [0.25, 0.3) is 0 Å². The lowest BCUT2D eigenvalue weighted by Crippen LogP contribution is -2.14. The van der Waals surface area contributed by atoms with Gasteiger partial charge in [-0.3, -0.25) is 0 Å². The van der Waals surface area contributed by atoms with Crippen LogP contribution in [-0.4, -0.2) is 14.6 Å². The molecule has 0 saturated heterocycles. The van der Waals surface area contributed by atoms with Crippen molar-refractivity contribution in [2.75, 3.05) is 0 Å². The number of benzene rings is 3. The van der Waals surface area contributed by atoms with E-state index in [9.17, 15) is 31.6 Å². The number of fused-ring (bicyclic) bond motifs is 3. The smallest absolute Gasteiger partial charge is 0.228 e. The zero-order chi connectivity index (χ0) is 25.0. The largest absolute Gasteiger partial charge is 0.433 e. The standard InChI is InChI=1S/C25H12F6N4/c26-24(27,28)18-11-16(14-7-3-1-4-8-14)17(13-32)22-21(18)23-33-19(15-9-5-2-6-10-15)12-20(25(29,30)31)35(23)34-22/h1-12H. The minimum Gasteiger partial charge on any atom is -0.228 e. The zero-order valence-corrected chi connectivity index (χ0v) is 17.5. The van der Waals surface area contributed by atoms with E-state index in [4.69, 9.17) is 0 Å². The van der Waals surface area contributed by atoms with Crippen LogP contribution in [0.15, 0.2) is 72.8 Å². The van der Waals surface area contributed by atoms with Gasteiger partial charge in [0.1, 0.15) is 11.6 Å². The molecule has 5 aromatic rings. The van der Waals surface area contributed by atoms with Crippen LogP contribution < -0.4 is 0 Å². The maximum Gasteiger partial charge on any atom is 0.433 e. The van der Waals surface area contributed by atoms with E-state index in [-0.39, 0.29) is 22.4 Å². The summed E-state index contributed by atoms with van der Waals surface area (Å²) in [5.74, 6) is 0. The fourth-order valence-corrected chi connectivity index (χ4v) is 4.00. The molecule has 0 N–H and O–H groups in total. The van der Waals surface area contributed by atoms with E-state index in [1.165, 1.54) is 24.3 Å². The molecule has 35 heavy (non-hydrogen) atoms. The summed E-state index contributed by atoms with van der Waals surface area (Å²) in [7, 11) is 0. The highest BCUT2D eigenvalue weighted by atomic mass is 19.4. The lowest BCUT2D eigenvalue weighted by atomic mass is 9.94. The van der Waals surface area contributed by atoms with Gasteiger partial charge >= 0.3 is 12.4 Å². The Bertz CT molecular complexity index is 1610. The second-order valence-electron chi connectivity index (χ2n) is 7.67. The first kappa shape index (κ1) is 22.4. The summed E-state index contributed by atoms with van der Waals surface area (Å²) >= 11 is 0.